The molecule has 9 heteroatoms. The van der Waals surface area contributed by atoms with E-state index in [9.17, 15) is 9.90 Å². The molecule has 2 heterocycles. The molecule has 7 nitrogen and oxygen atoms in total. The molecule has 0 saturated heterocycles. The van der Waals surface area contributed by atoms with Crippen molar-refractivity contribution in [1.29, 1.82) is 0 Å². The maximum atomic E-state index is 11.9. The number of ether oxygens (including phenoxy) is 1. The van der Waals surface area contributed by atoms with E-state index in [-0.39, 0.29) is 16.0 Å². The Bertz CT molecular complexity index is 1300. The van der Waals surface area contributed by atoms with E-state index < -0.39 is 5.97 Å². The van der Waals surface area contributed by atoms with Gasteiger partial charge in [0.1, 0.15) is 10.7 Å². The van der Waals surface area contributed by atoms with Gasteiger partial charge in [-0.3, -0.25) is 0 Å². The third-order valence-electron chi connectivity index (χ3n) is 4.65. The smallest absolute Gasteiger partial charge is 0.342 e. The van der Waals surface area contributed by atoms with Crippen molar-refractivity contribution < 1.29 is 19.1 Å². The number of benzene rings is 2. The molecule has 4 aromatic rings. The van der Waals surface area contributed by atoms with Crippen molar-refractivity contribution in [2.75, 3.05) is 7.11 Å². The monoisotopic (exact) mass is 455 g/mol. The van der Waals surface area contributed by atoms with Crippen LogP contribution in [0.4, 0.5) is 0 Å². The Labute approximate surface area is 187 Å². The highest BCUT2D eigenvalue weighted by atomic mass is 35.5. The zero-order valence-corrected chi connectivity index (χ0v) is 18.3. The molecule has 4 rings (SSSR count). The van der Waals surface area contributed by atoms with Gasteiger partial charge in [-0.05, 0) is 49.0 Å². The van der Waals surface area contributed by atoms with E-state index in [1.165, 1.54) is 7.11 Å². The fourth-order valence-corrected chi connectivity index (χ4v) is 4.06. The van der Waals surface area contributed by atoms with Crippen molar-refractivity contribution in [1.82, 2.24) is 14.8 Å². The fraction of sp³-hybridized carbons (Fsp3) is 0.136. The first-order chi connectivity index (χ1) is 15.0. The Morgan fingerprint density at radius 1 is 1.29 bits per heavy atom. The molecule has 0 spiro atoms. The number of aliphatic carboxylic acids is 1. The van der Waals surface area contributed by atoms with Crippen LogP contribution in [0, 0.1) is 0 Å². The van der Waals surface area contributed by atoms with Crippen LogP contribution < -0.4 is 4.74 Å². The van der Waals surface area contributed by atoms with Crippen molar-refractivity contribution in [3.8, 4) is 17.2 Å². The average Bonchev–Trinajstić information content (AvgIpc) is 3.38. The topological polar surface area (TPSA) is 90.4 Å². The van der Waals surface area contributed by atoms with E-state index in [0.29, 0.717) is 16.3 Å². The van der Waals surface area contributed by atoms with Crippen LogP contribution in [0.15, 0.2) is 63.2 Å². The van der Waals surface area contributed by atoms with Gasteiger partial charge in [0.05, 0.1) is 12.7 Å². The van der Waals surface area contributed by atoms with Gasteiger partial charge in [0, 0.05) is 34.2 Å². The van der Waals surface area contributed by atoms with Gasteiger partial charge in [-0.1, -0.05) is 29.8 Å². The number of para-hydroxylation sites is 1. The summed E-state index contributed by atoms with van der Waals surface area (Å²) >= 11 is 6.96. The second-order valence-electron chi connectivity index (χ2n) is 6.52. The number of hydrogen-bond donors (Lipinski definition) is 1. The highest BCUT2D eigenvalue weighted by Gasteiger charge is 2.19. The van der Waals surface area contributed by atoms with Gasteiger partial charge in [0.15, 0.2) is 0 Å². The number of aryl methyl sites for hydroxylation is 1. The zero-order valence-electron chi connectivity index (χ0n) is 16.7. The van der Waals surface area contributed by atoms with E-state index >= 15 is 0 Å². The first-order valence-corrected chi connectivity index (χ1v) is 10.6. The van der Waals surface area contributed by atoms with Gasteiger partial charge in [-0.2, -0.15) is 0 Å². The standard InChI is InChI=1S/C22H18ClN3O4S/c1-3-26-12-13(15-6-4-5-7-17(15)26)10-19(21(27)28)31-22-25-24-20(30-22)16-11-14(23)8-9-18(16)29-2/h4-12H,3H2,1-2H3,(H,27,28)/b19-10-. The molecule has 0 unspecified atom stereocenters. The molecule has 0 aliphatic heterocycles. The summed E-state index contributed by atoms with van der Waals surface area (Å²) in [4.78, 5) is 12.0. The number of hydrogen-bond acceptors (Lipinski definition) is 6. The average molecular weight is 456 g/mol. The minimum Gasteiger partial charge on any atom is -0.496 e. The Kier molecular flexibility index (Phi) is 6.01. The summed E-state index contributed by atoms with van der Waals surface area (Å²) in [5.41, 5.74) is 2.37. The number of thioether (sulfide) groups is 1. The second kappa shape index (κ2) is 8.87. The minimum absolute atomic E-state index is 0.0623. The molecule has 1 N–H and O–H groups in total. The largest absolute Gasteiger partial charge is 0.496 e. The summed E-state index contributed by atoms with van der Waals surface area (Å²) in [5, 5.41) is 19.3. The van der Waals surface area contributed by atoms with Crippen LogP contribution in [0.25, 0.3) is 28.4 Å². The second-order valence-corrected chi connectivity index (χ2v) is 7.95. The summed E-state index contributed by atoms with van der Waals surface area (Å²) in [5.74, 6) is -0.376. The maximum Gasteiger partial charge on any atom is 0.342 e. The summed E-state index contributed by atoms with van der Waals surface area (Å²) < 4.78 is 13.1. The van der Waals surface area contributed by atoms with Crippen LogP contribution in [0.3, 0.4) is 0 Å². The molecule has 2 aromatic heterocycles. The number of aromatic nitrogens is 3. The molecule has 2 aromatic carbocycles. The predicted octanol–water partition coefficient (Wildman–Crippen LogP) is 5.59. The van der Waals surface area contributed by atoms with Gasteiger partial charge in [-0.15, -0.1) is 10.2 Å². The summed E-state index contributed by atoms with van der Waals surface area (Å²) in [7, 11) is 1.52. The Morgan fingerprint density at radius 3 is 2.84 bits per heavy atom. The molecule has 0 amide bonds. The van der Waals surface area contributed by atoms with Crippen LogP contribution in [0.1, 0.15) is 12.5 Å². The van der Waals surface area contributed by atoms with Crippen LogP contribution in [0.2, 0.25) is 5.02 Å². The zero-order chi connectivity index (χ0) is 22.0. The Hall–Kier alpha value is -3.23. The number of carbonyl (C=O) groups is 1. The van der Waals surface area contributed by atoms with Gasteiger partial charge >= 0.3 is 5.97 Å². The maximum absolute atomic E-state index is 11.9. The normalized spacial score (nSPS) is 11.8. The van der Waals surface area contributed by atoms with Gasteiger partial charge in [0.25, 0.3) is 11.1 Å². The van der Waals surface area contributed by atoms with Crippen molar-refractivity contribution in [2.24, 2.45) is 0 Å². The SMILES string of the molecule is CCn1cc(/C=C(\Sc2nnc(-c3cc(Cl)ccc3OC)o2)C(=O)O)c2ccccc21. The van der Waals surface area contributed by atoms with Gasteiger partial charge in [0.2, 0.25) is 0 Å². The number of rotatable bonds is 7. The lowest BCUT2D eigenvalue weighted by molar-refractivity contribution is -0.131. The number of halogens is 1. The highest BCUT2D eigenvalue weighted by molar-refractivity contribution is 8.03. The van der Waals surface area contributed by atoms with Gasteiger partial charge < -0.3 is 18.8 Å². The van der Waals surface area contributed by atoms with Crippen molar-refractivity contribution in [3.63, 3.8) is 0 Å². The summed E-state index contributed by atoms with van der Waals surface area (Å²) in [6.07, 6.45) is 3.55. The van der Waals surface area contributed by atoms with Crippen LogP contribution in [-0.2, 0) is 11.3 Å². The predicted molar refractivity (Wildman–Crippen MR) is 120 cm³/mol. The molecule has 31 heavy (non-hydrogen) atoms. The highest BCUT2D eigenvalue weighted by Crippen LogP contribution is 2.35. The lowest BCUT2D eigenvalue weighted by Crippen LogP contribution is -1.96. The molecule has 0 aliphatic carbocycles. The van der Waals surface area contributed by atoms with Crippen molar-refractivity contribution >= 4 is 46.3 Å². The third kappa shape index (κ3) is 4.30. The van der Waals surface area contributed by atoms with E-state index in [1.807, 2.05) is 37.4 Å². The van der Waals surface area contributed by atoms with E-state index in [4.69, 9.17) is 20.8 Å². The molecule has 0 saturated carbocycles. The molecular formula is C22H18ClN3O4S. The van der Waals surface area contributed by atoms with Crippen molar-refractivity contribution in [2.45, 2.75) is 18.7 Å². The molecule has 0 radical (unpaired) electrons. The van der Waals surface area contributed by atoms with E-state index in [1.54, 1.807) is 24.3 Å². The number of carboxylic acids is 1. The fourth-order valence-electron chi connectivity index (χ4n) is 3.23. The summed E-state index contributed by atoms with van der Waals surface area (Å²) in [6.45, 7) is 2.81. The Morgan fingerprint density at radius 2 is 2.10 bits per heavy atom. The number of nitrogens with zero attached hydrogens (tertiary/aromatic N) is 3. The summed E-state index contributed by atoms with van der Waals surface area (Å²) in [6, 6.07) is 12.9. The third-order valence-corrected chi connectivity index (χ3v) is 5.74. The molecule has 158 valence electrons. The Balaban J connectivity index is 1.68. The quantitative estimate of drug-likeness (QED) is 0.287. The van der Waals surface area contributed by atoms with E-state index in [0.717, 1.165) is 34.8 Å². The molecule has 0 atom stereocenters. The lowest BCUT2D eigenvalue weighted by Gasteiger charge is -2.04. The molecular weight excluding hydrogens is 438 g/mol. The molecule has 0 aliphatic rings. The number of carboxylic acid groups (broad SMARTS) is 1. The van der Waals surface area contributed by atoms with E-state index in [2.05, 4.69) is 14.8 Å². The number of methoxy groups -OCH3 is 1. The molecule has 0 bridgehead atoms. The lowest BCUT2D eigenvalue weighted by atomic mass is 10.1. The van der Waals surface area contributed by atoms with Crippen LogP contribution in [0.5, 0.6) is 5.75 Å². The number of fused-ring (bicyclic) bond motifs is 1. The first kappa shape index (κ1) is 21.0. The minimum atomic E-state index is -1.08. The van der Waals surface area contributed by atoms with Crippen LogP contribution in [-0.4, -0.2) is 33.0 Å². The first-order valence-electron chi connectivity index (χ1n) is 9.38. The van der Waals surface area contributed by atoms with Crippen LogP contribution >= 0.6 is 23.4 Å². The van der Waals surface area contributed by atoms with Gasteiger partial charge in [-0.25, -0.2) is 4.79 Å². The van der Waals surface area contributed by atoms with Crippen molar-refractivity contribution in [3.05, 3.63) is 64.2 Å². The molecule has 0 fully saturated rings.